The van der Waals surface area contributed by atoms with Crippen LogP contribution in [-0.4, -0.2) is 36.2 Å². The molecule has 0 saturated heterocycles. The number of aryl methyl sites for hydroxylation is 1. The van der Waals surface area contributed by atoms with Crippen molar-refractivity contribution < 1.29 is 4.79 Å². The molecule has 0 spiro atoms. The minimum atomic E-state index is -0.0971. The highest BCUT2D eigenvalue weighted by Gasteiger charge is 2.30. The zero-order valence-corrected chi connectivity index (χ0v) is 18.0. The molecule has 0 bridgehead atoms. The highest BCUT2D eigenvalue weighted by Crippen LogP contribution is 2.41. The normalized spacial score (nSPS) is 13.5. The molecule has 5 rings (SSSR count). The van der Waals surface area contributed by atoms with Crippen LogP contribution in [0.3, 0.4) is 0 Å². The summed E-state index contributed by atoms with van der Waals surface area (Å²) in [4.78, 5) is 13.8. The lowest BCUT2D eigenvalue weighted by Gasteiger charge is -2.10. The van der Waals surface area contributed by atoms with Gasteiger partial charge in [0.25, 0.3) is 0 Å². The van der Waals surface area contributed by atoms with Gasteiger partial charge in [-0.3, -0.25) is 9.36 Å². The van der Waals surface area contributed by atoms with Gasteiger partial charge in [-0.2, -0.15) is 5.10 Å². The Morgan fingerprint density at radius 1 is 1.20 bits per heavy atom. The second-order valence-corrected chi connectivity index (χ2v) is 9.03. The van der Waals surface area contributed by atoms with Crippen molar-refractivity contribution in [3.63, 3.8) is 0 Å². The van der Waals surface area contributed by atoms with E-state index in [4.69, 9.17) is 0 Å². The second kappa shape index (κ2) is 8.08. The maximum absolute atomic E-state index is 12.7. The van der Waals surface area contributed by atoms with E-state index >= 15 is 0 Å². The van der Waals surface area contributed by atoms with Crippen molar-refractivity contribution in [3.05, 3.63) is 59.6 Å². The van der Waals surface area contributed by atoms with E-state index in [2.05, 4.69) is 31.2 Å². The molecule has 3 aromatic heterocycles. The molecular weight excluding hydrogens is 416 g/mol. The van der Waals surface area contributed by atoms with Gasteiger partial charge in [-0.05, 0) is 43.3 Å². The maximum Gasteiger partial charge on any atom is 0.236 e. The fourth-order valence-corrected chi connectivity index (χ4v) is 4.79. The molecule has 1 aliphatic carbocycles. The number of rotatable bonds is 7. The monoisotopic (exact) mass is 436 g/mol. The first kappa shape index (κ1) is 19.1. The molecule has 0 aliphatic heterocycles. The highest BCUT2D eigenvalue weighted by molar-refractivity contribution is 7.99. The molecule has 1 fully saturated rings. The Morgan fingerprint density at radius 2 is 2.03 bits per heavy atom. The Hall–Kier alpha value is -2.91. The molecule has 9 heteroatoms. The molecule has 0 unspecified atom stereocenters. The van der Waals surface area contributed by atoms with Crippen molar-refractivity contribution in [2.24, 2.45) is 0 Å². The maximum atomic E-state index is 12.7. The minimum Gasteiger partial charge on any atom is -0.310 e. The van der Waals surface area contributed by atoms with Crippen LogP contribution in [0.15, 0.2) is 59.1 Å². The minimum absolute atomic E-state index is 0.0971. The van der Waals surface area contributed by atoms with E-state index in [1.807, 2.05) is 54.8 Å². The van der Waals surface area contributed by atoms with Crippen molar-refractivity contribution in [1.82, 2.24) is 24.5 Å². The summed E-state index contributed by atoms with van der Waals surface area (Å²) in [6.45, 7) is 1.91. The number of thiophene rings is 1. The molecule has 152 valence electrons. The van der Waals surface area contributed by atoms with Gasteiger partial charge in [-0.1, -0.05) is 36.0 Å². The fraction of sp³-hybridized carbons (Fsp3) is 0.238. The van der Waals surface area contributed by atoms with E-state index in [1.165, 1.54) is 11.8 Å². The largest absolute Gasteiger partial charge is 0.310 e. The topological polar surface area (TPSA) is 77.6 Å². The molecule has 0 radical (unpaired) electrons. The van der Waals surface area contributed by atoms with Crippen LogP contribution in [0, 0.1) is 6.92 Å². The lowest BCUT2D eigenvalue weighted by Crippen LogP contribution is -2.17. The number of aromatic nitrogens is 5. The van der Waals surface area contributed by atoms with Gasteiger partial charge in [0.2, 0.25) is 5.91 Å². The Balaban J connectivity index is 1.30. The smallest absolute Gasteiger partial charge is 0.236 e. The Kier molecular flexibility index (Phi) is 5.14. The van der Waals surface area contributed by atoms with Crippen LogP contribution in [0.4, 0.5) is 5.82 Å². The van der Waals surface area contributed by atoms with Gasteiger partial charge in [0.1, 0.15) is 5.82 Å². The number of benzene rings is 1. The molecule has 1 saturated carbocycles. The van der Waals surface area contributed by atoms with Crippen molar-refractivity contribution in [2.75, 3.05) is 11.1 Å². The molecule has 1 aromatic carbocycles. The number of nitrogens with zero attached hydrogens (tertiary/aromatic N) is 5. The van der Waals surface area contributed by atoms with E-state index in [0.29, 0.717) is 11.9 Å². The summed E-state index contributed by atoms with van der Waals surface area (Å²) in [5, 5.41) is 19.1. The van der Waals surface area contributed by atoms with Gasteiger partial charge >= 0.3 is 0 Å². The van der Waals surface area contributed by atoms with Crippen LogP contribution >= 0.6 is 23.1 Å². The van der Waals surface area contributed by atoms with E-state index in [1.54, 1.807) is 16.0 Å². The summed E-state index contributed by atoms with van der Waals surface area (Å²) in [7, 11) is 0. The van der Waals surface area contributed by atoms with Crippen molar-refractivity contribution >= 4 is 34.8 Å². The Bertz CT molecular complexity index is 1160. The van der Waals surface area contributed by atoms with Gasteiger partial charge in [0, 0.05) is 12.1 Å². The summed E-state index contributed by atoms with van der Waals surface area (Å²) >= 11 is 3.08. The number of nitrogens with one attached hydrogen (secondary N) is 1. The molecule has 1 amide bonds. The third-order valence-electron chi connectivity index (χ3n) is 4.75. The molecule has 4 aromatic rings. The lowest BCUT2D eigenvalue weighted by molar-refractivity contribution is -0.113. The molecule has 3 heterocycles. The summed E-state index contributed by atoms with van der Waals surface area (Å²) in [5.41, 5.74) is 1.75. The quantitative estimate of drug-likeness (QED) is 0.430. The van der Waals surface area contributed by atoms with Crippen LogP contribution in [0.5, 0.6) is 0 Å². The summed E-state index contributed by atoms with van der Waals surface area (Å²) < 4.78 is 3.93. The molecule has 0 atom stereocenters. The number of carbonyl (C=O) groups is 1. The van der Waals surface area contributed by atoms with Crippen molar-refractivity contribution in [1.29, 1.82) is 0 Å². The van der Waals surface area contributed by atoms with E-state index in [9.17, 15) is 4.79 Å². The first-order chi connectivity index (χ1) is 14.7. The molecule has 1 N–H and O–H groups in total. The number of hydrogen-bond acceptors (Lipinski definition) is 6. The Morgan fingerprint density at radius 3 is 2.77 bits per heavy atom. The summed E-state index contributed by atoms with van der Waals surface area (Å²) in [6, 6.07) is 16.2. The van der Waals surface area contributed by atoms with Gasteiger partial charge in [0.15, 0.2) is 11.0 Å². The average molecular weight is 437 g/mol. The van der Waals surface area contributed by atoms with Gasteiger partial charge in [-0.25, -0.2) is 4.68 Å². The van der Waals surface area contributed by atoms with Crippen LogP contribution in [-0.2, 0) is 4.79 Å². The summed E-state index contributed by atoms with van der Waals surface area (Å²) in [5.74, 6) is 1.72. The third-order valence-corrected chi connectivity index (χ3v) is 6.56. The molecule has 1 aliphatic rings. The lowest BCUT2D eigenvalue weighted by atomic mass is 10.3. The fourth-order valence-electron chi connectivity index (χ4n) is 3.27. The predicted molar refractivity (Wildman–Crippen MR) is 119 cm³/mol. The highest BCUT2D eigenvalue weighted by atomic mass is 32.2. The van der Waals surface area contributed by atoms with E-state index < -0.39 is 0 Å². The second-order valence-electron chi connectivity index (χ2n) is 7.14. The molecule has 7 nitrogen and oxygen atoms in total. The Labute approximate surface area is 182 Å². The number of para-hydroxylation sites is 1. The van der Waals surface area contributed by atoms with Gasteiger partial charge in [-0.15, -0.1) is 21.5 Å². The van der Waals surface area contributed by atoms with Crippen molar-refractivity contribution in [3.8, 4) is 16.4 Å². The van der Waals surface area contributed by atoms with Crippen LogP contribution in [0.25, 0.3) is 16.4 Å². The summed E-state index contributed by atoms with van der Waals surface area (Å²) in [6.07, 6.45) is 2.26. The van der Waals surface area contributed by atoms with Gasteiger partial charge < -0.3 is 5.32 Å². The number of hydrogen-bond donors (Lipinski definition) is 1. The van der Waals surface area contributed by atoms with E-state index in [0.717, 1.165) is 40.1 Å². The molecular formula is C21H20N6OS2. The van der Waals surface area contributed by atoms with Crippen LogP contribution in [0.2, 0.25) is 0 Å². The standard InChI is InChI=1S/C21H20N6OS2/c1-14-12-18(27(25-14)16-6-3-2-4-7-16)22-19(28)13-30-21-24-23-20(17-8-5-11-29-17)26(21)15-9-10-15/h2-8,11-12,15H,9-10,13H2,1H3,(H,22,28). The predicted octanol–water partition coefficient (Wildman–Crippen LogP) is 4.57. The molecule has 30 heavy (non-hydrogen) atoms. The van der Waals surface area contributed by atoms with Crippen molar-refractivity contribution in [2.45, 2.75) is 31.0 Å². The zero-order chi connectivity index (χ0) is 20.5. The number of carbonyl (C=O) groups excluding carboxylic acids is 1. The van der Waals surface area contributed by atoms with Gasteiger partial charge in [0.05, 0.1) is 22.0 Å². The SMILES string of the molecule is Cc1cc(NC(=O)CSc2nnc(-c3cccs3)n2C2CC2)n(-c2ccccc2)n1. The number of anilines is 1. The number of thioether (sulfide) groups is 1. The number of amides is 1. The first-order valence-corrected chi connectivity index (χ1v) is 11.6. The zero-order valence-electron chi connectivity index (χ0n) is 16.4. The average Bonchev–Trinajstić information content (AvgIpc) is 3.15. The third kappa shape index (κ3) is 3.90. The van der Waals surface area contributed by atoms with Crippen LogP contribution in [0.1, 0.15) is 24.6 Å². The van der Waals surface area contributed by atoms with E-state index in [-0.39, 0.29) is 11.7 Å². The first-order valence-electron chi connectivity index (χ1n) is 9.72. The van der Waals surface area contributed by atoms with Crippen LogP contribution < -0.4 is 5.32 Å².